The summed E-state index contributed by atoms with van der Waals surface area (Å²) in [6.07, 6.45) is 5.29. The van der Waals surface area contributed by atoms with Crippen molar-refractivity contribution in [1.29, 1.82) is 0 Å². The van der Waals surface area contributed by atoms with Gasteiger partial charge in [-0.3, -0.25) is 9.59 Å². The highest BCUT2D eigenvalue weighted by atomic mass is 32.1. The number of rotatable bonds is 9. The van der Waals surface area contributed by atoms with Crippen LogP contribution in [-0.4, -0.2) is 42.8 Å². The van der Waals surface area contributed by atoms with Crippen molar-refractivity contribution in [2.45, 2.75) is 19.5 Å². The lowest BCUT2D eigenvalue weighted by Gasteiger charge is -2.17. The third kappa shape index (κ3) is 7.65. The van der Waals surface area contributed by atoms with Crippen LogP contribution in [0.25, 0.3) is 0 Å². The Morgan fingerprint density at radius 3 is 2.67 bits per heavy atom. The molecule has 24 heavy (non-hydrogen) atoms. The SMILES string of the molecule is C#Cc1ccc(CNC(=O)[C@H](COCCN=C=S)NC(C)=O)cc1. The number of carbonyl (C=O) groups is 2. The molecule has 1 rings (SSSR count). The van der Waals surface area contributed by atoms with Gasteiger partial charge in [0.1, 0.15) is 6.04 Å². The average molecular weight is 345 g/mol. The van der Waals surface area contributed by atoms with Crippen LogP contribution in [0.3, 0.4) is 0 Å². The Morgan fingerprint density at radius 1 is 1.38 bits per heavy atom. The monoisotopic (exact) mass is 345 g/mol. The van der Waals surface area contributed by atoms with Crippen LogP contribution < -0.4 is 10.6 Å². The molecule has 2 N–H and O–H groups in total. The van der Waals surface area contributed by atoms with E-state index in [1.54, 1.807) is 12.1 Å². The molecule has 2 amide bonds. The van der Waals surface area contributed by atoms with Crippen LogP contribution in [0.5, 0.6) is 0 Å². The zero-order valence-corrected chi connectivity index (χ0v) is 14.2. The Hall–Kier alpha value is -2.52. The van der Waals surface area contributed by atoms with Gasteiger partial charge in [0.2, 0.25) is 11.8 Å². The van der Waals surface area contributed by atoms with Crippen LogP contribution >= 0.6 is 12.2 Å². The number of ether oxygens (including phenoxy) is 1. The van der Waals surface area contributed by atoms with E-state index in [9.17, 15) is 9.59 Å². The van der Waals surface area contributed by atoms with E-state index in [2.05, 4.69) is 38.9 Å². The van der Waals surface area contributed by atoms with Crippen LogP contribution in [0, 0.1) is 12.3 Å². The van der Waals surface area contributed by atoms with Gasteiger partial charge in [-0.25, -0.2) is 4.99 Å². The van der Waals surface area contributed by atoms with Gasteiger partial charge in [-0.1, -0.05) is 18.1 Å². The number of hydrogen-bond acceptors (Lipinski definition) is 5. The van der Waals surface area contributed by atoms with E-state index in [1.807, 2.05) is 12.1 Å². The molecule has 1 aromatic carbocycles. The molecule has 126 valence electrons. The van der Waals surface area contributed by atoms with E-state index in [0.29, 0.717) is 19.7 Å². The molecular formula is C17H19N3O3S. The van der Waals surface area contributed by atoms with Crippen molar-refractivity contribution in [3.05, 3.63) is 35.4 Å². The fourth-order valence-corrected chi connectivity index (χ4v) is 1.91. The van der Waals surface area contributed by atoms with Gasteiger partial charge < -0.3 is 15.4 Å². The molecule has 1 aromatic rings. The lowest BCUT2D eigenvalue weighted by atomic mass is 10.1. The molecule has 0 aromatic heterocycles. The smallest absolute Gasteiger partial charge is 0.245 e. The standard InChI is InChI=1S/C17H19N3O3S/c1-3-14-4-6-15(7-5-14)10-19-17(22)16(20-13(2)21)11-23-9-8-18-12-24/h1,4-7,16H,8-11H2,2H3,(H,19,22)(H,20,21)/t16-/m0/s1. The summed E-state index contributed by atoms with van der Waals surface area (Å²) < 4.78 is 5.32. The molecular weight excluding hydrogens is 326 g/mol. The number of amides is 2. The van der Waals surface area contributed by atoms with E-state index in [-0.39, 0.29) is 18.4 Å². The molecule has 0 aliphatic rings. The quantitative estimate of drug-likeness (QED) is 0.302. The minimum atomic E-state index is -0.774. The summed E-state index contributed by atoms with van der Waals surface area (Å²) in [4.78, 5) is 27.1. The number of nitrogens with zero attached hydrogens (tertiary/aromatic N) is 1. The van der Waals surface area contributed by atoms with Gasteiger partial charge in [-0.15, -0.1) is 6.42 Å². The molecule has 0 saturated heterocycles. The number of terminal acetylenes is 1. The second kappa shape index (κ2) is 11.1. The third-order valence-corrected chi connectivity index (χ3v) is 3.11. The van der Waals surface area contributed by atoms with Crippen LogP contribution in [0.2, 0.25) is 0 Å². The zero-order valence-electron chi connectivity index (χ0n) is 13.4. The minimum absolute atomic E-state index is 0.0500. The normalized spacial score (nSPS) is 10.8. The summed E-state index contributed by atoms with van der Waals surface area (Å²) in [5.41, 5.74) is 1.67. The molecule has 0 unspecified atom stereocenters. The van der Waals surface area contributed by atoms with Crippen molar-refractivity contribution in [2.24, 2.45) is 4.99 Å². The molecule has 0 aliphatic carbocycles. The highest BCUT2D eigenvalue weighted by Gasteiger charge is 2.19. The molecule has 7 heteroatoms. The molecule has 0 bridgehead atoms. The number of carbonyl (C=O) groups excluding carboxylic acids is 2. The Morgan fingerprint density at radius 2 is 2.08 bits per heavy atom. The van der Waals surface area contributed by atoms with E-state index in [1.165, 1.54) is 6.92 Å². The largest absolute Gasteiger partial charge is 0.377 e. The van der Waals surface area contributed by atoms with Gasteiger partial charge in [0.05, 0.1) is 24.9 Å². The van der Waals surface area contributed by atoms with Gasteiger partial charge in [0.25, 0.3) is 0 Å². The Labute approximate surface area is 146 Å². The molecule has 0 spiro atoms. The van der Waals surface area contributed by atoms with Gasteiger partial charge in [0.15, 0.2) is 0 Å². The molecule has 0 fully saturated rings. The Kier molecular flexibility index (Phi) is 9.02. The maximum absolute atomic E-state index is 12.2. The van der Waals surface area contributed by atoms with Crippen LogP contribution in [-0.2, 0) is 20.9 Å². The summed E-state index contributed by atoms with van der Waals surface area (Å²) >= 11 is 4.44. The second-order valence-electron chi connectivity index (χ2n) is 4.86. The molecule has 0 heterocycles. The fourth-order valence-electron chi connectivity index (χ4n) is 1.82. The molecule has 0 aliphatic heterocycles. The van der Waals surface area contributed by atoms with Crippen molar-refractivity contribution >= 4 is 29.2 Å². The molecule has 0 saturated carbocycles. The number of nitrogens with one attached hydrogen (secondary N) is 2. The highest BCUT2D eigenvalue weighted by Crippen LogP contribution is 2.03. The van der Waals surface area contributed by atoms with E-state index < -0.39 is 6.04 Å². The number of thiocarbonyl (C=S) groups is 1. The number of hydrogen-bond donors (Lipinski definition) is 2. The summed E-state index contributed by atoms with van der Waals surface area (Å²) in [5, 5.41) is 7.54. The third-order valence-electron chi connectivity index (χ3n) is 2.98. The zero-order chi connectivity index (χ0) is 17.8. The lowest BCUT2D eigenvalue weighted by Crippen LogP contribution is -2.48. The van der Waals surface area contributed by atoms with Crippen molar-refractivity contribution in [3.63, 3.8) is 0 Å². The molecule has 6 nitrogen and oxygen atoms in total. The first-order valence-electron chi connectivity index (χ1n) is 7.28. The Bertz CT molecular complexity index is 646. The number of isothiocyanates is 1. The predicted molar refractivity (Wildman–Crippen MR) is 94.5 cm³/mol. The number of benzene rings is 1. The van der Waals surface area contributed by atoms with Crippen LogP contribution in [0.15, 0.2) is 29.3 Å². The minimum Gasteiger partial charge on any atom is -0.377 e. The number of aliphatic imine (C=N–C) groups is 1. The highest BCUT2D eigenvalue weighted by molar-refractivity contribution is 7.78. The first kappa shape index (κ1) is 19.5. The first-order valence-corrected chi connectivity index (χ1v) is 7.69. The fraction of sp³-hybridized carbons (Fsp3) is 0.353. The lowest BCUT2D eigenvalue weighted by molar-refractivity contribution is -0.129. The summed E-state index contributed by atoms with van der Waals surface area (Å²) in [6.45, 7) is 2.37. The van der Waals surface area contributed by atoms with Gasteiger partial charge in [0, 0.05) is 19.0 Å². The maximum Gasteiger partial charge on any atom is 0.245 e. The van der Waals surface area contributed by atoms with Crippen molar-refractivity contribution in [3.8, 4) is 12.3 Å². The van der Waals surface area contributed by atoms with Crippen LogP contribution in [0.1, 0.15) is 18.1 Å². The van der Waals surface area contributed by atoms with Crippen LogP contribution in [0.4, 0.5) is 0 Å². The summed E-state index contributed by atoms with van der Waals surface area (Å²) in [7, 11) is 0. The summed E-state index contributed by atoms with van der Waals surface area (Å²) in [6, 6.07) is 6.49. The first-order chi connectivity index (χ1) is 11.6. The van der Waals surface area contributed by atoms with E-state index in [0.717, 1.165) is 11.1 Å². The summed E-state index contributed by atoms with van der Waals surface area (Å²) in [5.74, 6) is 1.89. The van der Waals surface area contributed by atoms with Crippen molar-refractivity contribution in [1.82, 2.24) is 10.6 Å². The molecule has 0 radical (unpaired) electrons. The maximum atomic E-state index is 12.2. The van der Waals surface area contributed by atoms with Gasteiger partial charge >= 0.3 is 0 Å². The van der Waals surface area contributed by atoms with Crippen molar-refractivity contribution in [2.75, 3.05) is 19.8 Å². The molecule has 1 atom stereocenters. The Balaban J connectivity index is 2.51. The second-order valence-corrected chi connectivity index (χ2v) is 5.04. The van der Waals surface area contributed by atoms with Crippen molar-refractivity contribution < 1.29 is 14.3 Å². The predicted octanol–water partition coefficient (Wildman–Crippen LogP) is 0.908. The van der Waals surface area contributed by atoms with Gasteiger partial charge in [-0.2, -0.15) is 0 Å². The topological polar surface area (TPSA) is 79.8 Å². The average Bonchev–Trinajstić information content (AvgIpc) is 2.58. The van der Waals surface area contributed by atoms with E-state index >= 15 is 0 Å². The van der Waals surface area contributed by atoms with Gasteiger partial charge in [-0.05, 0) is 29.9 Å². The van der Waals surface area contributed by atoms with E-state index in [4.69, 9.17) is 11.2 Å².